The van der Waals surface area contributed by atoms with Gasteiger partial charge in [0.05, 0.1) is 16.5 Å². The summed E-state index contributed by atoms with van der Waals surface area (Å²) >= 11 is 7.30. The maximum absolute atomic E-state index is 5.82. The minimum Gasteiger partial charge on any atom is -0.375 e. The van der Waals surface area contributed by atoms with Crippen molar-refractivity contribution in [3.8, 4) is 0 Å². The van der Waals surface area contributed by atoms with Gasteiger partial charge in [0, 0.05) is 22.4 Å². The Morgan fingerprint density at radius 2 is 2.50 bits per heavy atom. The molecule has 1 fully saturated rings. The first kappa shape index (κ1) is 12.9. The van der Waals surface area contributed by atoms with Crippen LogP contribution in [0.2, 0.25) is 0 Å². The van der Waals surface area contributed by atoms with Gasteiger partial charge in [-0.05, 0) is 41.5 Å². The summed E-state index contributed by atoms with van der Waals surface area (Å²) in [7, 11) is 2.02. The number of nitrogens with one attached hydrogen (secondary N) is 1. The van der Waals surface area contributed by atoms with Crippen molar-refractivity contribution >= 4 is 39.0 Å². The molecule has 90 valence electrons. The van der Waals surface area contributed by atoms with Crippen LogP contribution in [0.1, 0.15) is 4.88 Å². The molecule has 0 bridgehead atoms. The molecule has 1 aliphatic heterocycles. The Labute approximate surface area is 113 Å². The molecular weight excluding hydrogens is 306 g/mol. The summed E-state index contributed by atoms with van der Waals surface area (Å²) in [6, 6.07) is 4.73. The van der Waals surface area contributed by atoms with E-state index in [1.807, 2.05) is 30.1 Å². The van der Waals surface area contributed by atoms with Gasteiger partial charge in [0.2, 0.25) is 0 Å². The average Bonchev–Trinajstić information content (AvgIpc) is 2.73. The average molecular weight is 322 g/mol. The largest absolute Gasteiger partial charge is 0.375 e. The second kappa shape index (κ2) is 6.40. The highest BCUT2D eigenvalue weighted by Gasteiger charge is 2.24. The van der Waals surface area contributed by atoms with E-state index in [-0.39, 0.29) is 0 Å². The molecule has 1 saturated heterocycles. The maximum Gasteiger partial charge on any atom is 0.0822 e. The van der Waals surface area contributed by atoms with Crippen molar-refractivity contribution < 1.29 is 4.74 Å². The van der Waals surface area contributed by atoms with Crippen molar-refractivity contribution in [2.24, 2.45) is 0 Å². The van der Waals surface area contributed by atoms with Crippen LogP contribution < -0.4 is 5.32 Å². The third-order valence-corrected chi connectivity index (χ3v) is 5.38. The lowest BCUT2D eigenvalue weighted by atomic mass is 10.1. The molecule has 1 aromatic heterocycles. The van der Waals surface area contributed by atoms with Crippen LogP contribution in [0, 0.1) is 0 Å². The summed E-state index contributed by atoms with van der Waals surface area (Å²) in [6.07, 6.45) is 1.41. The summed E-state index contributed by atoms with van der Waals surface area (Å²) in [5.74, 6) is 2.25. The van der Waals surface area contributed by atoms with E-state index in [4.69, 9.17) is 4.74 Å². The first-order valence-electron chi connectivity index (χ1n) is 5.40. The fraction of sp³-hybridized carbons (Fsp3) is 0.636. The number of hydrogen-bond acceptors (Lipinski definition) is 4. The fourth-order valence-corrected chi connectivity index (χ4v) is 4.32. The van der Waals surface area contributed by atoms with E-state index in [1.54, 1.807) is 0 Å². The molecule has 0 aliphatic carbocycles. The van der Waals surface area contributed by atoms with Gasteiger partial charge >= 0.3 is 0 Å². The lowest BCUT2D eigenvalue weighted by Gasteiger charge is -2.29. The molecule has 2 nitrogen and oxygen atoms in total. The van der Waals surface area contributed by atoms with Gasteiger partial charge in [-0.2, -0.15) is 11.8 Å². The van der Waals surface area contributed by atoms with Gasteiger partial charge in [-0.3, -0.25) is 0 Å². The monoisotopic (exact) mass is 321 g/mol. The Hall–Kier alpha value is 0.450. The molecule has 0 radical (unpaired) electrons. The molecule has 0 spiro atoms. The van der Waals surface area contributed by atoms with Crippen LogP contribution in [0.5, 0.6) is 0 Å². The van der Waals surface area contributed by atoms with Crippen LogP contribution in [0.15, 0.2) is 15.9 Å². The summed E-state index contributed by atoms with van der Waals surface area (Å²) in [5.41, 5.74) is 0. The van der Waals surface area contributed by atoms with Crippen LogP contribution in [0.25, 0.3) is 0 Å². The molecule has 1 N–H and O–H groups in total. The summed E-state index contributed by atoms with van der Waals surface area (Å²) < 4.78 is 7.02. The first-order valence-corrected chi connectivity index (χ1v) is 8.17. The third-order valence-electron chi connectivity index (χ3n) is 2.71. The quantitative estimate of drug-likeness (QED) is 0.921. The van der Waals surface area contributed by atoms with Gasteiger partial charge in [-0.1, -0.05) is 0 Å². The highest BCUT2D eigenvalue weighted by Crippen LogP contribution is 2.25. The standard InChI is InChI=1S/C11H16BrNOS2/c1-13-9(10-7-15-5-4-14-10)6-8-2-3-11(12)16-8/h2-3,9-10,13H,4-7H2,1H3. The van der Waals surface area contributed by atoms with Gasteiger partial charge in [0.15, 0.2) is 0 Å². The van der Waals surface area contributed by atoms with Gasteiger partial charge in [0.25, 0.3) is 0 Å². The first-order chi connectivity index (χ1) is 7.79. The molecule has 0 aromatic carbocycles. The Bertz CT molecular complexity index is 326. The number of rotatable bonds is 4. The van der Waals surface area contributed by atoms with E-state index in [2.05, 4.69) is 33.4 Å². The Morgan fingerprint density at radius 1 is 1.62 bits per heavy atom. The second-order valence-corrected chi connectivity index (χ2v) is 7.49. The molecule has 5 heteroatoms. The van der Waals surface area contributed by atoms with Crippen molar-refractivity contribution in [1.29, 1.82) is 0 Å². The SMILES string of the molecule is CNC(Cc1ccc(Br)s1)C1CSCCO1. The molecule has 1 aromatic rings. The molecule has 2 unspecified atom stereocenters. The number of hydrogen-bond donors (Lipinski definition) is 1. The zero-order valence-electron chi connectivity index (χ0n) is 9.24. The number of halogens is 1. The molecule has 0 amide bonds. The van der Waals surface area contributed by atoms with E-state index >= 15 is 0 Å². The number of thioether (sulfide) groups is 1. The lowest BCUT2D eigenvalue weighted by Crippen LogP contribution is -2.44. The minimum atomic E-state index is 0.352. The summed E-state index contributed by atoms with van der Waals surface area (Å²) in [5, 5.41) is 3.38. The van der Waals surface area contributed by atoms with E-state index in [0.717, 1.165) is 24.5 Å². The predicted octanol–water partition coefficient (Wildman–Crippen LogP) is 2.77. The van der Waals surface area contributed by atoms with Gasteiger partial charge < -0.3 is 10.1 Å². The van der Waals surface area contributed by atoms with E-state index in [0.29, 0.717) is 12.1 Å². The minimum absolute atomic E-state index is 0.352. The second-order valence-electron chi connectivity index (χ2n) is 3.79. The molecule has 2 rings (SSSR count). The summed E-state index contributed by atoms with van der Waals surface area (Å²) in [4.78, 5) is 1.41. The number of likely N-dealkylation sites (N-methyl/N-ethyl adjacent to an activating group) is 1. The van der Waals surface area contributed by atoms with Crippen LogP contribution >= 0.6 is 39.0 Å². The smallest absolute Gasteiger partial charge is 0.0822 e. The van der Waals surface area contributed by atoms with Crippen LogP contribution in [0.4, 0.5) is 0 Å². The fourth-order valence-electron chi connectivity index (χ4n) is 1.84. The molecule has 2 atom stereocenters. The zero-order valence-corrected chi connectivity index (χ0v) is 12.5. The van der Waals surface area contributed by atoms with Crippen molar-refractivity contribution in [2.45, 2.75) is 18.6 Å². The molecular formula is C11H16BrNOS2. The van der Waals surface area contributed by atoms with Gasteiger partial charge in [0.1, 0.15) is 0 Å². The van der Waals surface area contributed by atoms with E-state index in [9.17, 15) is 0 Å². The Kier molecular flexibility index (Phi) is 5.16. The van der Waals surface area contributed by atoms with Crippen LogP contribution in [-0.2, 0) is 11.2 Å². The lowest BCUT2D eigenvalue weighted by molar-refractivity contribution is 0.0494. The molecule has 0 saturated carbocycles. The third kappa shape index (κ3) is 3.47. The van der Waals surface area contributed by atoms with Gasteiger partial charge in [-0.25, -0.2) is 0 Å². The van der Waals surface area contributed by atoms with Gasteiger partial charge in [-0.15, -0.1) is 11.3 Å². The Balaban J connectivity index is 1.94. The number of ether oxygens (including phenoxy) is 1. The van der Waals surface area contributed by atoms with Crippen LogP contribution in [-0.4, -0.2) is 37.3 Å². The van der Waals surface area contributed by atoms with Crippen molar-refractivity contribution in [1.82, 2.24) is 5.32 Å². The van der Waals surface area contributed by atoms with E-state index < -0.39 is 0 Å². The number of thiophene rings is 1. The van der Waals surface area contributed by atoms with Crippen molar-refractivity contribution in [3.05, 3.63) is 20.8 Å². The predicted molar refractivity (Wildman–Crippen MR) is 75.6 cm³/mol. The van der Waals surface area contributed by atoms with Crippen LogP contribution in [0.3, 0.4) is 0 Å². The highest BCUT2D eigenvalue weighted by molar-refractivity contribution is 9.11. The van der Waals surface area contributed by atoms with E-state index in [1.165, 1.54) is 8.66 Å². The molecule has 2 heterocycles. The highest BCUT2D eigenvalue weighted by atomic mass is 79.9. The summed E-state index contributed by atoms with van der Waals surface area (Å²) in [6.45, 7) is 0.891. The molecule has 16 heavy (non-hydrogen) atoms. The molecule has 1 aliphatic rings. The topological polar surface area (TPSA) is 21.3 Å². The zero-order chi connectivity index (χ0) is 11.4. The normalized spacial score (nSPS) is 23.2. The van der Waals surface area contributed by atoms with Crippen molar-refractivity contribution in [2.75, 3.05) is 25.2 Å². The maximum atomic E-state index is 5.82. The van der Waals surface area contributed by atoms with Crippen molar-refractivity contribution in [3.63, 3.8) is 0 Å². The Morgan fingerprint density at radius 3 is 3.06 bits per heavy atom.